The standard InChI is InChI=1S/C14H19NO3/c1-11-2-4-12(5-3-11)9-15-6-7-18-13(10-15)8-14(16)17/h2-5,13H,6-10H2,1H3,(H,16,17). The molecular weight excluding hydrogens is 230 g/mol. The number of aryl methyl sites for hydroxylation is 1. The third-order valence-corrected chi connectivity index (χ3v) is 3.15. The fourth-order valence-corrected chi connectivity index (χ4v) is 2.19. The number of carbonyl (C=O) groups is 1. The smallest absolute Gasteiger partial charge is 0.306 e. The third kappa shape index (κ3) is 3.82. The Morgan fingerprint density at radius 1 is 1.44 bits per heavy atom. The van der Waals surface area contributed by atoms with Crippen LogP contribution < -0.4 is 0 Å². The second-order valence-corrected chi connectivity index (χ2v) is 4.81. The Balaban J connectivity index is 1.89. The molecule has 4 nitrogen and oxygen atoms in total. The number of benzene rings is 1. The summed E-state index contributed by atoms with van der Waals surface area (Å²) in [5.74, 6) is -0.794. The summed E-state index contributed by atoms with van der Waals surface area (Å²) < 4.78 is 5.45. The molecule has 0 saturated carbocycles. The monoisotopic (exact) mass is 249 g/mol. The molecule has 98 valence electrons. The second-order valence-electron chi connectivity index (χ2n) is 4.81. The fourth-order valence-electron chi connectivity index (χ4n) is 2.19. The Bertz CT molecular complexity index is 402. The number of carboxylic acid groups (broad SMARTS) is 1. The molecule has 1 aromatic carbocycles. The van der Waals surface area contributed by atoms with E-state index in [-0.39, 0.29) is 12.5 Å². The fraction of sp³-hybridized carbons (Fsp3) is 0.500. The molecule has 0 aliphatic carbocycles. The lowest BCUT2D eigenvalue weighted by atomic mass is 10.1. The summed E-state index contributed by atoms with van der Waals surface area (Å²) in [5.41, 5.74) is 2.51. The van der Waals surface area contributed by atoms with Crippen molar-refractivity contribution in [2.75, 3.05) is 19.7 Å². The molecule has 1 fully saturated rings. The zero-order valence-electron chi connectivity index (χ0n) is 10.6. The average molecular weight is 249 g/mol. The van der Waals surface area contributed by atoms with Crippen LogP contribution in [-0.4, -0.2) is 41.8 Å². The molecule has 1 unspecified atom stereocenters. The van der Waals surface area contributed by atoms with Crippen LogP contribution in [0.15, 0.2) is 24.3 Å². The van der Waals surface area contributed by atoms with E-state index in [0.29, 0.717) is 13.2 Å². The normalized spacial score (nSPS) is 20.8. The van der Waals surface area contributed by atoms with Crippen LogP contribution in [0, 0.1) is 6.92 Å². The molecule has 1 heterocycles. The van der Waals surface area contributed by atoms with Gasteiger partial charge in [0.15, 0.2) is 0 Å². The largest absolute Gasteiger partial charge is 0.481 e. The minimum Gasteiger partial charge on any atom is -0.481 e. The number of carboxylic acids is 1. The third-order valence-electron chi connectivity index (χ3n) is 3.15. The number of hydrogen-bond acceptors (Lipinski definition) is 3. The van der Waals surface area contributed by atoms with Crippen molar-refractivity contribution in [3.05, 3.63) is 35.4 Å². The quantitative estimate of drug-likeness (QED) is 0.882. The van der Waals surface area contributed by atoms with Crippen LogP contribution in [0.1, 0.15) is 17.5 Å². The van der Waals surface area contributed by atoms with Gasteiger partial charge in [-0.15, -0.1) is 0 Å². The van der Waals surface area contributed by atoms with Crippen LogP contribution in [0.2, 0.25) is 0 Å². The molecule has 1 aliphatic heterocycles. The molecule has 0 spiro atoms. The van der Waals surface area contributed by atoms with Gasteiger partial charge in [0.2, 0.25) is 0 Å². The van der Waals surface area contributed by atoms with E-state index < -0.39 is 5.97 Å². The van der Waals surface area contributed by atoms with Crippen molar-refractivity contribution in [3.63, 3.8) is 0 Å². The van der Waals surface area contributed by atoms with Gasteiger partial charge < -0.3 is 9.84 Å². The van der Waals surface area contributed by atoms with Gasteiger partial charge in [0.05, 0.1) is 19.1 Å². The lowest BCUT2D eigenvalue weighted by Crippen LogP contribution is -2.42. The molecule has 1 aliphatic rings. The minimum atomic E-state index is -0.794. The van der Waals surface area contributed by atoms with Crippen LogP contribution in [-0.2, 0) is 16.1 Å². The molecule has 0 aromatic heterocycles. The molecule has 0 amide bonds. The summed E-state index contributed by atoms with van der Waals surface area (Å²) in [4.78, 5) is 12.9. The molecule has 1 saturated heterocycles. The lowest BCUT2D eigenvalue weighted by Gasteiger charge is -2.32. The van der Waals surface area contributed by atoms with Crippen molar-refractivity contribution in [1.82, 2.24) is 4.90 Å². The lowest BCUT2D eigenvalue weighted by molar-refractivity contribution is -0.142. The maximum absolute atomic E-state index is 10.7. The number of ether oxygens (including phenoxy) is 1. The van der Waals surface area contributed by atoms with Gasteiger partial charge in [0.1, 0.15) is 0 Å². The van der Waals surface area contributed by atoms with E-state index in [1.165, 1.54) is 11.1 Å². The van der Waals surface area contributed by atoms with Crippen molar-refractivity contribution in [1.29, 1.82) is 0 Å². The predicted octanol–water partition coefficient (Wildman–Crippen LogP) is 1.67. The second kappa shape index (κ2) is 5.98. The molecule has 18 heavy (non-hydrogen) atoms. The van der Waals surface area contributed by atoms with Crippen molar-refractivity contribution in [3.8, 4) is 0 Å². The maximum Gasteiger partial charge on any atom is 0.306 e. The van der Waals surface area contributed by atoms with Gasteiger partial charge >= 0.3 is 5.97 Å². The van der Waals surface area contributed by atoms with Gasteiger partial charge in [0.25, 0.3) is 0 Å². The summed E-state index contributed by atoms with van der Waals surface area (Å²) in [6.07, 6.45) is -0.0913. The molecule has 2 rings (SSSR count). The highest BCUT2D eigenvalue weighted by Gasteiger charge is 2.22. The first kappa shape index (κ1) is 13.1. The molecule has 1 atom stereocenters. The summed E-state index contributed by atoms with van der Waals surface area (Å²) in [7, 11) is 0. The van der Waals surface area contributed by atoms with Crippen LogP contribution in [0.3, 0.4) is 0 Å². The number of nitrogens with zero attached hydrogens (tertiary/aromatic N) is 1. The zero-order chi connectivity index (χ0) is 13.0. The van der Waals surface area contributed by atoms with Crippen LogP contribution in [0.25, 0.3) is 0 Å². The van der Waals surface area contributed by atoms with Gasteiger partial charge in [-0.05, 0) is 12.5 Å². The number of morpholine rings is 1. The molecule has 1 aromatic rings. The van der Waals surface area contributed by atoms with Gasteiger partial charge in [-0.1, -0.05) is 29.8 Å². The summed E-state index contributed by atoms with van der Waals surface area (Å²) >= 11 is 0. The predicted molar refractivity (Wildman–Crippen MR) is 68.4 cm³/mol. The highest BCUT2D eigenvalue weighted by molar-refractivity contribution is 5.67. The first-order valence-corrected chi connectivity index (χ1v) is 6.25. The Morgan fingerprint density at radius 3 is 2.83 bits per heavy atom. The topological polar surface area (TPSA) is 49.8 Å². The molecule has 1 N–H and O–H groups in total. The van der Waals surface area contributed by atoms with E-state index in [4.69, 9.17) is 9.84 Å². The Morgan fingerprint density at radius 2 is 2.17 bits per heavy atom. The van der Waals surface area contributed by atoms with Crippen LogP contribution >= 0.6 is 0 Å². The van der Waals surface area contributed by atoms with E-state index >= 15 is 0 Å². The Labute approximate surface area is 107 Å². The summed E-state index contributed by atoms with van der Waals surface area (Å²) in [6, 6.07) is 8.45. The zero-order valence-corrected chi connectivity index (χ0v) is 10.6. The van der Waals surface area contributed by atoms with Gasteiger partial charge in [-0.25, -0.2) is 0 Å². The van der Waals surface area contributed by atoms with E-state index in [9.17, 15) is 4.79 Å². The maximum atomic E-state index is 10.7. The SMILES string of the molecule is Cc1ccc(CN2CCOC(CC(=O)O)C2)cc1. The van der Waals surface area contributed by atoms with Gasteiger partial charge in [0, 0.05) is 19.6 Å². The Hall–Kier alpha value is -1.39. The highest BCUT2D eigenvalue weighted by atomic mass is 16.5. The number of rotatable bonds is 4. The van der Waals surface area contributed by atoms with E-state index in [0.717, 1.165) is 13.1 Å². The van der Waals surface area contributed by atoms with Crippen LogP contribution in [0.4, 0.5) is 0 Å². The van der Waals surface area contributed by atoms with Crippen molar-refractivity contribution >= 4 is 5.97 Å². The summed E-state index contributed by atoms with van der Waals surface area (Å²) in [5, 5.41) is 8.77. The van der Waals surface area contributed by atoms with Crippen molar-refractivity contribution in [2.24, 2.45) is 0 Å². The van der Waals surface area contributed by atoms with Gasteiger partial charge in [-0.2, -0.15) is 0 Å². The Kier molecular flexibility index (Phi) is 4.33. The van der Waals surface area contributed by atoms with Crippen molar-refractivity contribution in [2.45, 2.75) is 26.0 Å². The first-order chi connectivity index (χ1) is 8.63. The molecule has 0 radical (unpaired) electrons. The van der Waals surface area contributed by atoms with E-state index in [1.54, 1.807) is 0 Å². The van der Waals surface area contributed by atoms with Crippen LogP contribution in [0.5, 0.6) is 0 Å². The molecule has 4 heteroatoms. The molecular formula is C14H19NO3. The van der Waals surface area contributed by atoms with E-state index in [1.807, 2.05) is 0 Å². The number of aliphatic carboxylic acids is 1. The van der Waals surface area contributed by atoms with Gasteiger partial charge in [-0.3, -0.25) is 9.69 Å². The minimum absolute atomic E-state index is 0.0877. The van der Waals surface area contributed by atoms with E-state index in [2.05, 4.69) is 36.1 Å². The van der Waals surface area contributed by atoms with Crippen molar-refractivity contribution < 1.29 is 14.6 Å². The first-order valence-electron chi connectivity index (χ1n) is 6.25. The highest BCUT2D eigenvalue weighted by Crippen LogP contribution is 2.13. The summed E-state index contributed by atoms with van der Waals surface area (Å²) in [6.45, 7) is 5.11. The molecule has 0 bridgehead atoms. The number of hydrogen-bond donors (Lipinski definition) is 1. The average Bonchev–Trinajstić information content (AvgIpc) is 2.32.